The molecule has 104 valence electrons. The first-order valence-corrected chi connectivity index (χ1v) is 6.27. The molecule has 0 saturated heterocycles. The van der Waals surface area contributed by atoms with E-state index in [4.69, 9.17) is 5.11 Å². The van der Waals surface area contributed by atoms with Gasteiger partial charge < -0.3 is 10.0 Å². The van der Waals surface area contributed by atoms with Gasteiger partial charge in [-0.3, -0.25) is 0 Å². The fraction of sp³-hybridized carbons (Fsp3) is 0.267. The highest BCUT2D eigenvalue weighted by Gasteiger charge is 2.13. The number of carboxylic acid groups (broad SMARTS) is 1. The quantitative estimate of drug-likeness (QED) is 0.929. The normalized spacial score (nSPS) is 10.4. The fourth-order valence-corrected chi connectivity index (χ4v) is 2.09. The van der Waals surface area contributed by atoms with Crippen LogP contribution in [0.1, 0.15) is 27.2 Å². The maximum absolute atomic E-state index is 11.0. The molecule has 0 aliphatic heterocycles. The largest absolute Gasteiger partial charge is 0.478 e. The Hall–Kier alpha value is -2.43. The SMILES string of the molecule is Cc1cc(C)cc(N(C)c2ncc(C(=O)O)c(C)n2)c1. The summed E-state index contributed by atoms with van der Waals surface area (Å²) in [5.41, 5.74) is 3.88. The van der Waals surface area contributed by atoms with E-state index in [1.54, 1.807) is 6.92 Å². The van der Waals surface area contributed by atoms with E-state index in [0.29, 0.717) is 11.6 Å². The molecule has 2 aromatic rings. The molecule has 0 amide bonds. The summed E-state index contributed by atoms with van der Waals surface area (Å²) in [7, 11) is 1.86. The zero-order valence-electron chi connectivity index (χ0n) is 12.0. The minimum Gasteiger partial charge on any atom is -0.478 e. The topological polar surface area (TPSA) is 66.3 Å². The lowest BCUT2D eigenvalue weighted by atomic mass is 10.1. The number of nitrogens with zero attached hydrogens (tertiary/aromatic N) is 3. The molecule has 0 bridgehead atoms. The van der Waals surface area contributed by atoms with E-state index in [0.717, 1.165) is 16.8 Å². The van der Waals surface area contributed by atoms with Crippen LogP contribution in [0.2, 0.25) is 0 Å². The molecule has 0 fully saturated rings. The Morgan fingerprint density at radius 1 is 1.15 bits per heavy atom. The molecular weight excluding hydrogens is 254 g/mol. The number of aromatic nitrogens is 2. The van der Waals surface area contributed by atoms with Crippen LogP contribution in [0.25, 0.3) is 0 Å². The summed E-state index contributed by atoms with van der Waals surface area (Å²) in [6.07, 6.45) is 1.35. The summed E-state index contributed by atoms with van der Waals surface area (Å²) in [5, 5.41) is 8.99. The van der Waals surface area contributed by atoms with Crippen molar-refractivity contribution >= 4 is 17.6 Å². The van der Waals surface area contributed by atoms with Crippen molar-refractivity contribution in [2.24, 2.45) is 0 Å². The highest BCUT2D eigenvalue weighted by Crippen LogP contribution is 2.23. The van der Waals surface area contributed by atoms with Gasteiger partial charge in [-0.2, -0.15) is 0 Å². The van der Waals surface area contributed by atoms with Gasteiger partial charge in [0.1, 0.15) is 0 Å². The van der Waals surface area contributed by atoms with Crippen molar-refractivity contribution in [3.8, 4) is 0 Å². The van der Waals surface area contributed by atoms with Gasteiger partial charge in [-0.15, -0.1) is 0 Å². The van der Waals surface area contributed by atoms with Crippen LogP contribution in [-0.4, -0.2) is 28.1 Å². The second-order valence-corrected chi connectivity index (χ2v) is 4.88. The molecule has 0 atom stereocenters. The Morgan fingerprint density at radius 3 is 2.25 bits per heavy atom. The van der Waals surface area contributed by atoms with Crippen molar-refractivity contribution in [3.63, 3.8) is 0 Å². The molecule has 0 unspecified atom stereocenters. The van der Waals surface area contributed by atoms with Crippen LogP contribution >= 0.6 is 0 Å². The van der Waals surface area contributed by atoms with Crippen LogP contribution in [0.5, 0.6) is 0 Å². The summed E-state index contributed by atoms with van der Waals surface area (Å²) >= 11 is 0. The van der Waals surface area contributed by atoms with Crippen LogP contribution in [0.4, 0.5) is 11.6 Å². The molecular formula is C15H17N3O2. The van der Waals surface area contributed by atoms with Gasteiger partial charge in [-0.05, 0) is 44.0 Å². The van der Waals surface area contributed by atoms with Gasteiger partial charge in [0, 0.05) is 18.9 Å². The summed E-state index contributed by atoms with van der Waals surface area (Å²) in [6.45, 7) is 5.73. The van der Waals surface area contributed by atoms with E-state index in [2.05, 4.69) is 16.0 Å². The van der Waals surface area contributed by atoms with Gasteiger partial charge >= 0.3 is 5.97 Å². The Morgan fingerprint density at radius 2 is 1.75 bits per heavy atom. The van der Waals surface area contributed by atoms with E-state index < -0.39 is 5.97 Å². The van der Waals surface area contributed by atoms with Crippen molar-refractivity contribution in [1.29, 1.82) is 0 Å². The zero-order chi connectivity index (χ0) is 14.9. The van der Waals surface area contributed by atoms with Crippen LogP contribution < -0.4 is 4.90 Å². The highest BCUT2D eigenvalue weighted by molar-refractivity contribution is 5.88. The van der Waals surface area contributed by atoms with Crippen molar-refractivity contribution in [2.45, 2.75) is 20.8 Å². The van der Waals surface area contributed by atoms with Crippen LogP contribution in [0.3, 0.4) is 0 Å². The second-order valence-electron chi connectivity index (χ2n) is 4.88. The van der Waals surface area contributed by atoms with Crippen molar-refractivity contribution in [1.82, 2.24) is 9.97 Å². The van der Waals surface area contributed by atoms with Crippen molar-refractivity contribution in [2.75, 3.05) is 11.9 Å². The zero-order valence-corrected chi connectivity index (χ0v) is 12.0. The summed E-state index contributed by atoms with van der Waals surface area (Å²) in [5.74, 6) is -0.527. The Labute approximate surface area is 117 Å². The minimum atomic E-state index is -1.01. The van der Waals surface area contributed by atoms with E-state index in [-0.39, 0.29) is 5.56 Å². The molecule has 0 radical (unpaired) electrons. The Bertz CT molecular complexity index is 648. The Balaban J connectivity index is 2.40. The van der Waals surface area contributed by atoms with Gasteiger partial charge in [-0.1, -0.05) is 6.07 Å². The highest BCUT2D eigenvalue weighted by atomic mass is 16.4. The first-order valence-electron chi connectivity index (χ1n) is 6.27. The number of rotatable bonds is 3. The molecule has 1 heterocycles. The lowest BCUT2D eigenvalue weighted by Crippen LogP contribution is -2.15. The summed E-state index contributed by atoms with van der Waals surface area (Å²) < 4.78 is 0. The van der Waals surface area contributed by atoms with Gasteiger partial charge in [0.2, 0.25) is 5.95 Å². The average Bonchev–Trinajstić information content (AvgIpc) is 2.36. The van der Waals surface area contributed by atoms with Crippen LogP contribution in [-0.2, 0) is 0 Å². The van der Waals surface area contributed by atoms with Crippen LogP contribution in [0.15, 0.2) is 24.4 Å². The predicted octanol–water partition coefficient (Wildman–Crippen LogP) is 2.87. The molecule has 0 saturated carbocycles. The number of carboxylic acids is 1. The first-order chi connectivity index (χ1) is 9.38. The third kappa shape index (κ3) is 2.77. The standard InChI is InChI=1S/C15H17N3O2/c1-9-5-10(2)7-12(6-9)18(4)15-16-8-13(14(19)20)11(3)17-15/h5-8H,1-4H3,(H,19,20). The van der Waals surface area contributed by atoms with E-state index in [1.807, 2.05) is 37.9 Å². The number of anilines is 2. The van der Waals surface area contributed by atoms with E-state index in [9.17, 15) is 4.79 Å². The maximum Gasteiger partial charge on any atom is 0.339 e. The third-order valence-electron chi connectivity index (χ3n) is 3.09. The summed E-state index contributed by atoms with van der Waals surface area (Å²) in [4.78, 5) is 21.2. The summed E-state index contributed by atoms with van der Waals surface area (Å²) in [6, 6.07) is 6.17. The van der Waals surface area contributed by atoms with Crippen molar-refractivity contribution < 1.29 is 9.90 Å². The maximum atomic E-state index is 11.0. The third-order valence-corrected chi connectivity index (χ3v) is 3.09. The van der Waals surface area contributed by atoms with Crippen LogP contribution in [0, 0.1) is 20.8 Å². The molecule has 1 aromatic carbocycles. The molecule has 2 rings (SSSR count). The number of hydrogen-bond donors (Lipinski definition) is 1. The van der Waals surface area contributed by atoms with Gasteiger partial charge in [0.05, 0.1) is 11.3 Å². The molecule has 5 heteroatoms. The van der Waals surface area contributed by atoms with E-state index in [1.165, 1.54) is 6.20 Å². The van der Waals surface area contributed by atoms with Gasteiger partial charge in [0.15, 0.2) is 0 Å². The Kier molecular flexibility index (Phi) is 3.70. The lowest BCUT2D eigenvalue weighted by Gasteiger charge is -2.19. The van der Waals surface area contributed by atoms with E-state index >= 15 is 0 Å². The number of aryl methyl sites for hydroxylation is 3. The molecule has 0 aliphatic carbocycles. The lowest BCUT2D eigenvalue weighted by molar-refractivity contribution is 0.0695. The number of carbonyl (C=O) groups is 1. The number of aromatic carboxylic acids is 1. The second kappa shape index (κ2) is 5.28. The molecule has 1 aromatic heterocycles. The number of benzene rings is 1. The minimum absolute atomic E-state index is 0.127. The predicted molar refractivity (Wildman–Crippen MR) is 77.7 cm³/mol. The van der Waals surface area contributed by atoms with Gasteiger partial charge in [-0.25, -0.2) is 14.8 Å². The molecule has 0 spiro atoms. The molecule has 1 N–H and O–H groups in total. The fourth-order valence-electron chi connectivity index (χ4n) is 2.09. The van der Waals surface area contributed by atoms with Gasteiger partial charge in [0.25, 0.3) is 0 Å². The smallest absolute Gasteiger partial charge is 0.339 e. The first kappa shape index (κ1) is 14.0. The van der Waals surface area contributed by atoms with Crippen molar-refractivity contribution in [3.05, 3.63) is 46.8 Å². The molecule has 5 nitrogen and oxygen atoms in total. The average molecular weight is 271 g/mol. The number of hydrogen-bond acceptors (Lipinski definition) is 4. The monoisotopic (exact) mass is 271 g/mol. The molecule has 20 heavy (non-hydrogen) atoms. The molecule has 0 aliphatic rings.